The summed E-state index contributed by atoms with van der Waals surface area (Å²) in [6.07, 6.45) is 2.96. The quantitative estimate of drug-likeness (QED) is 0.570. The van der Waals surface area contributed by atoms with Crippen LogP contribution in [0.5, 0.6) is 0 Å². The lowest BCUT2D eigenvalue weighted by Crippen LogP contribution is -2.49. The molecule has 0 N–H and O–H groups in total. The summed E-state index contributed by atoms with van der Waals surface area (Å²) in [5.74, 6) is -0.310. The van der Waals surface area contributed by atoms with Crippen molar-refractivity contribution in [3.63, 3.8) is 0 Å². The van der Waals surface area contributed by atoms with Crippen LogP contribution in [-0.4, -0.2) is 48.7 Å². The molecule has 0 bridgehead atoms. The summed E-state index contributed by atoms with van der Waals surface area (Å²) in [5.41, 5.74) is 0.437. The molecule has 2 aromatic rings. The number of carbonyl (C=O) groups is 2. The van der Waals surface area contributed by atoms with Crippen LogP contribution in [0.4, 0.5) is 0 Å². The second-order valence-corrected chi connectivity index (χ2v) is 8.60. The monoisotopic (exact) mass is 423 g/mol. The van der Waals surface area contributed by atoms with E-state index in [4.69, 9.17) is 9.47 Å². The van der Waals surface area contributed by atoms with Crippen molar-refractivity contribution in [2.45, 2.75) is 45.1 Å². The summed E-state index contributed by atoms with van der Waals surface area (Å²) in [7, 11) is 0. The Morgan fingerprint density at radius 2 is 1.58 bits per heavy atom. The molecule has 31 heavy (non-hydrogen) atoms. The number of hydrogen-bond acceptors (Lipinski definition) is 5. The highest BCUT2D eigenvalue weighted by Gasteiger charge is 2.44. The lowest BCUT2D eigenvalue weighted by atomic mass is 9.87. The summed E-state index contributed by atoms with van der Waals surface area (Å²) in [6.45, 7) is 6.64. The Balaban J connectivity index is 1.77. The first-order valence-electron chi connectivity index (χ1n) is 11.1. The molecule has 166 valence electrons. The van der Waals surface area contributed by atoms with Crippen molar-refractivity contribution in [3.8, 4) is 0 Å². The van der Waals surface area contributed by atoms with Gasteiger partial charge in [0.15, 0.2) is 0 Å². The molecule has 0 amide bonds. The summed E-state index contributed by atoms with van der Waals surface area (Å²) in [6, 6.07) is 19.3. The van der Waals surface area contributed by atoms with E-state index in [2.05, 4.69) is 11.8 Å². The van der Waals surface area contributed by atoms with Gasteiger partial charge in [-0.15, -0.1) is 0 Å². The first kappa shape index (κ1) is 23.0. The van der Waals surface area contributed by atoms with Crippen LogP contribution in [-0.2, 0) is 31.9 Å². The first-order chi connectivity index (χ1) is 15.0. The number of ether oxygens (including phenoxy) is 2. The van der Waals surface area contributed by atoms with Gasteiger partial charge in [0, 0.05) is 32.9 Å². The third-order valence-electron chi connectivity index (χ3n) is 5.76. The maximum atomic E-state index is 13.4. The molecule has 1 aliphatic heterocycles. The van der Waals surface area contributed by atoms with Gasteiger partial charge in [-0.25, -0.2) is 4.79 Å². The van der Waals surface area contributed by atoms with Crippen molar-refractivity contribution >= 4 is 11.9 Å². The van der Waals surface area contributed by atoms with Gasteiger partial charge in [0.05, 0.1) is 0 Å². The average Bonchev–Trinajstić information content (AvgIpc) is 2.74. The second kappa shape index (κ2) is 11.1. The Morgan fingerprint density at radius 3 is 2.10 bits per heavy atom. The third kappa shape index (κ3) is 6.93. The van der Waals surface area contributed by atoms with Crippen LogP contribution < -0.4 is 0 Å². The van der Waals surface area contributed by atoms with Crippen LogP contribution >= 0.6 is 0 Å². The SMILES string of the molecule is CC(=O)OC(Cc1ccccc1)(Cc1ccccc1)C(=O)OCCN1CCCC(C)C1. The molecule has 0 saturated carbocycles. The van der Waals surface area contributed by atoms with E-state index < -0.39 is 17.5 Å². The van der Waals surface area contributed by atoms with Gasteiger partial charge in [-0.3, -0.25) is 9.69 Å². The maximum Gasteiger partial charge on any atom is 0.351 e. The highest BCUT2D eigenvalue weighted by atomic mass is 16.6. The summed E-state index contributed by atoms with van der Waals surface area (Å²) < 4.78 is 11.5. The van der Waals surface area contributed by atoms with Crippen LogP contribution in [0.2, 0.25) is 0 Å². The molecule has 1 aliphatic rings. The molecule has 2 aromatic carbocycles. The molecule has 1 heterocycles. The van der Waals surface area contributed by atoms with Crippen molar-refractivity contribution < 1.29 is 19.1 Å². The Morgan fingerprint density at radius 1 is 1.00 bits per heavy atom. The van der Waals surface area contributed by atoms with Gasteiger partial charge < -0.3 is 9.47 Å². The van der Waals surface area contributed by atoms with E-state index in [1.807, 2.05) is 60.7 Å². The minimum absolute atomic E-state index is 0.266. The van der Waals surface area contributed by atoms with Crippen LogP contribution in [0.3, 0.4) is 0 Å². The Bertz CT molecular complexity index is 796. The minimum Gasteiger partial charge on any atom is -0.461 e. The lowest BCUT2D eigenvalue weighted by molar-refractivity contribution is -0.182. The fourth-order valence-electron chi connectivity index (χ4n) is 4.34. The number of nitrogens with zero attached hydrogens (tertiary/aromatic N) is 1. The van der Waals surface area contributed by atoms with Crippen LogP contribution in [0, 0.1) is 5.92 Å². The maximum absolute atomic E-state index is 13.4. The smallest absolute Gasteiger partial charge is 0.351 e. The number of carbonyl (C=O) groups excluding carboxylic acids is 2. The van der Waals surface area contributed by atoms with Crippen molar-refractivity contribution in [1.29, 1.82) is 0 Å². The van der Waals surface area contributed by atoms with E-state index in [-0.39, 0.29) is 19.4 Å². The topological polar surface area (TPSA) is 55.8 Å². The molecule has 1 atom stereocenters. The molecule has 1 unspecified atom stereocenters. The fourth-order valence-corrected chi connectivity index (χ4v) is 4.34. The normalized spacial score (nSPS) is 17.2. The minimum atomic E-state index is -1.40. The number of esters is 2. The van der Waals surface area contributed by atoms with Crippen molar-refractivity contribution in [2.75, 3.05) is 26.2 Å². The second-order valence-electron chi connectivity index (χ2n) is 8.60. The van der Waals surface area contributed by atoms with Gasteiger partial charge in [0.25, 0.3) is 0 Å². The van der Waals surface area contributed by atoms with Gasteiger partial charge in [0.2, 0.25) is 5.60 Å². The predicted molar refractivity (Wildman–Crippen MR) is 121 cm³/mol. The van der Waals surface area contributed by atoms with Crippen molar-refractivity contribution in [3.05, 3.63) is 71.8 Å². The van der Waals surface area contributed by atoms with Gasteiger partial charge in [-0.2, -0.15) is 0 Å². The van der Waals surface area contributed by atoms with E-state index in [1.54, 1.807) is 0 Å². The number of hydrogen-bond donors (Lipinski definition) is 0. The Labute approximate surface area is 185 Å². The molecular weight excluding hydrogens is 390 g/mol. The molecule has 1 fully saturated rings. The number of likely N-dealkylation sites (tertiary alicyclic amines) is 1. The van der Waals surface area contributed by atoms with Crippen LogP contribution in [0.1, 0.15) is 37.8 Å². The van der Waals surface area contributed by atoms with Crippen molar-refractivity contribution in [2.24, 2.45) is 5.92 Å². The number of piperidine rings is 1. The first-order valence-corrected chi connectivity index (χ1v) is 11.1. The number of rotatable bonds is 9. The molecule has 0 spiro atoms. The summed E-state index contributed by atoms with van der Waals surface area (Å²) in [5, 5.41) is 0. The van der Waals surface area contributed by atoms with Gasteiger partial charge in [-0.1, -0.05) is 67.6 Å². The molecule has 5 heteroatoms. The summed E-state index contributed by atoms with van der Waals surface area (Å²) in [4.78, 5) is 27.8. The van der Waals surface area contributed by atoms with Gasteiger partial charge >= 0.3 is 11.9 Å². The van der Waals surface area contributed by atoms with Gasteiger partial charge in [0.1, 0.15) is 6.61 Å². The summed E-state index contributed by atoms with van der Waals surface area (Å²) >= 11 is 0. The van der Waals surface area contributed by atoms with Crippen LogP contribution in [0.25, 0.3) is 0 Å². The van der Waals surface area contributed by atoms with E-state index >= 15 is 0 Å². The molecule has 5 nitrogen and oxygen atoms in total. The zero-order valence-electron chi connectivity index (χ0n) is 18.6. The van der Waals surface area contributed by atoms with E-state index in [0.717, 1.165) is 24.2 Å². The van der Waals surface area contributed by atoms with E-state index in [0.29, 0.717) is 12.5 Å². The molecule has 0 aromatic heterocycles. The predicted octanol–water partition coefficient (Wildman–Crippen LogP) is 4.05. The van der Waals surface area contributed by atoms with E-state index in [1.165, 1.54) is 19.8 Å². The Hall–Kier alpha value is -2.66. The Kier molecular flexibility index (Phi) is 8.24. The molecule has 0 aliphatic carbocycles. The zero-order valence-corrected chi connectivity index (χ0v) is 18.6. The molecule has 1 saturated heterocycles. The third-order valence-corrected chi connectivity index (χ3v) is 5.76. The highest BCUT2D eigenvalue weighted by Crippen LogP contribution is 2.26. The average molecular weight is 424 g/mol. The van der Waals surface area contributed by atoms with E-state index in [9.17, 15) is 9.59 Å². The highest BCUT2D eigenvalue weighted by molar-refractivity contribution is 5.84. The fraction of sp³-hybridized carbons (Fsp3) is 0.462. The molecule has 3 rings (SSSR count). The molecular formula is C26H33NO4. The van der Waals surface area contributed by atoms with Crippen LogP contribution in [0.15, 0.2) is 60.7 Å². The van der Waals surface area contributed by atoms with Gasteiger partial charge in [-0.05, 0) is 36.4 Å². The van der Waals surface area contributed by atoms with Crippen molar-refractivity contribution in [1.82, 2.24) is 4.90 Å². The lowest BCUT2D eigenvalue weighted by Gasteiger charge is -2.33. The zero-order chi connectivity index (χ0) is 22.1. The standard InChI is InChI=1S/C26H33NO4/c1-21-10-9-15-27(20-21)16-17-30-25(29)26(31-22(2)28,18-23-11-5-3-6-12-23)19-24-13-7-4-8-14-24/h3-8,11-14,21H,9-10,15-20H2,1-2H3. The molecule has 0 radical (unpaired) electrons. The number of benzene rings is 2. The largest absolute Gasteiger partial charge is 0.461 e.